The molecule has 234 valence electrons. The van der Waals surface area contributed by atoms with E-state index in [1.807, 2.05) is 36.4 Å². The Morgan fingerprint density at radius 1 is 0.373 bits per heavy atom. The summed E-state index contributed by atoms with van der Waals surface area (Å²) in [5.41, 5.74) is 14.1. The van der Waals surface area contributed by atoms with Gasteiger partial charge in [0, 0.05) is 60.6 Å². The molecule has 3 aromatic heterocycles. The van der Waals surface area contributed by atoms with Gasteiger partial charge < -0.3 is 9.13 Å². The van der Waals surface area contributed by atoms with Crippen LogP contribution in [-0.2, 0) is 0 Å². The fraction of sp³-hybridized carbons (Fsp3) is 0. The Bertz CT molecular complexity index is 2890. The van der Waals surface area contributed by atoms with Crippen molar-refractivity contribution >= 4 is 66.7 Å². The zero-order valence-corrected chi connectivity index (χ0v) is 27.3. The lowest BCUT2D eigenvalue weighted by Gasteiger charge is -2.34. The van der Waals surface area contributed by atoms with Crippen molar-refractivity contribution in [3.8, 4) is 45.5 Å². The molecule has 0 spiro atoms. The van der Waals surface area contributed by atoms with Crippen LogP contribution in [-0.4, -0.2) is 30.8 Å². The average molecular weight is 648 g/mol. The quantitative estimate of drug-likeness (QED) is 0.182. The molecule has 0 N–H and O–H groups in total. The van der Waals surface area contributed by atoms with Gasteiger partial charge in [0.2, 0.25) is 0 Å². The van der Waals surface area contributed by atoms with Crippen LogP contribution in [0.5, 0.6) is 0 Å². The third kappa shape index (κ3) is 3.58. The van der Waals surface area contributed by atoms with E-state index in [1.54, 1.807) is 0 Å². The minimum absolute atomic E-state index is 0.0724. The predicted octanol–water partition coefficient (Wildman–Crippen LogP) is 8.21. The highest BCUT2D eigenvalue weighted by molar-refractivity contribution is 7.00. The van der Waals surface area contributed by atoms with Crippen molar-refractivity contribution in [1.29, 1.82) is 0 Å². The van der Waals surface area contributed by atoms with Crippen molar-refractivity contribution in [2.45, 2.75) is 0 Å². The molecule has 5 nitrogen and oxygen atoms in total. The smallest absolute Gasteiger partial charge is 0.252 e. The molecule has 2 aliphatic rings. The number of benzene rings is 7. The highest BCUT2D eigenvalue weighted by atomic mass is 15.1. The molecule has 12 rings (SSSR count). The highest BCUT2D eigenvalue weighted by Crippen LogP contribution is 2.40. The van der Waals surface area contributed by atoms with Crippen LogP contribution in [0.1, 0.15) is 0 Å². The van der Waals surface area contributed by atoms with Crippen LogP contribution in [0.3, 0.4) is 0 Å². The largest absolute Gasteiger partial charge is 0.310 e. The molecule has 0 unspecified atom stereocenters. The van der Waals surface area contributed by atoms with Gasteiger partial charge in [-0.1, -0.05) is 133 Å². The molecule has 0 saturated heterocycles. The van der Waals surface area contributed by atoms with E-state index >= 15 is 0 Å². The van der Waals surface area contributed by atoms with E-state index in [0.29, 0.717) is 17.5 Å². The van der Waals surface area contributed by atoms with Gasteiger partial charge >= 0.3 is 0 Å². The van der Waals surface area contributed by atoms with Crippen molar-refractivity contribution in [2.24, 2.45) is 0 Å². The average Bonchev–Trinajstić information content (AvgIpc) is 3.73. The summed E-state index contributed by atoms with van der Waals surface area (Å²) in [7, 11) is 0. The maximum Gasteiger partial charge on any atom is 0.252 e. The minimum Gasteiger partial charge on any atom is -0.310 e. The summed E-state index contributed by atoms with van der Waals surface area (Å²) in [6, 6.07) is 56.4. The van der Waals surface area contributed by atoms with Gasteiger partial charge in [0.05, 0.1) is 11.0 Å². The first-order valence-corrected chi connectivity index (χ1v) is 17.4. The van der Waals surface area contributed by atoms with Crippen molar-refractivity contribution in [3.63, 3.8) is 0 Å². The summed E-state index contributed by atoms with van der Waals surface area (Å²) < 4.78 is 4.99. The number of para-hydroxylation sites is 4. The molecular formula is C45H26BN5. The molecule has 7 aromatic carbocycles. The van der Waals surface area contributed by atoms with Crippen molar-refractivity contribution in [2.75, 3.05) is 0 Å². The Morgan fingerprint density at radius 3 is 1.27 bits per heavy atom. The standard InChI is InChI=1S/C45H26BN5/c1-3-13-27(14-4-1)43-47-44(28-15-5-2-6-16-28)49-45(48-43)29-25-38-40-39(26-29)51-37-24-10-8-18-31(37)33-20-12-22-35(42(33)51)46(40)34-21-11-19-32-30-17-7-9-23-36(30)50(38)41(32)34/h1-26H. The second kappa shape index (κ2) is 9.90. The van der Waals surface area contributed by atoms with Crippen LogP contribution in [0.15, 0.2) is 158 Å². The molecule has 0 saturated carbocycles. The Labute approximate surface area is 293 Å². The molecular weight excluding hydrogens is 621 g/mol. The maximum atomic E-state index is 5.21. The monoisotopic (exact) mass is 647 g/mol. The Kier molecular flexibility index (Phi) is 5.26. The third-order valence-corrected chi connectivity index (χ3v) is 10.9. The molecule has 2 aliphatic heterocycles. The van der Waals surface area contributed by atoms with Crippen LogP contribution < -0.4 is 16.4 Å². The summed E-state index contributed by atoms with van der Waals surface area (Å²) in [4.78, 5) is 15.4. The van der Waals surface area contributed by atoms with Gasteiger partial charge in [-0.15, -0.1) is 0 Å². The number of aromatic nitrogens is 5. The van der Waals surface area contributed by atoms with E-state index in [4.69, 9.17) is 15.0 Å². The lowest BCUT2D eigenvalue weighted by Crippen LogP contribution is -2.59. The van der Waals surface area contributed by atoms with Crippen molar-refractivity contribution < 1.29 is 0 Å². The van der Waals surface area contributed by atoms with E-state index in [0.717, 1.165) is 16.7 Å². The Morgan fingerprint density at radius 2 is 0.784 bits per heavy atom. The van der Waals surface area contributed by atoms with E-state index in [-0.39, 0.29) is 6.71 Å². The number of fused-ring (bicyclic) bond motifs is 10. The molecule has 0 radical (unpaired) electrons. The minimum atomic E-state index is 0.0724. The maximum absolute atomic E-state index is 5.21. The first kappa shape index (κ1) is 27.1. The van der Waals surface area contributed by atoms with Gasteiger partial charge in [-0.25, -0.2) is 15.0 Å². The summed E-state index contributed by atoms with van der Waals surface area (Å²) in [5.74, 6) is 1.96. The van der Waals surface area contributed by atoms with Gasteiger partial charge in [0.25, 0.3) is 6.71 Å². The third-order valence-electron chi connectivity index (χ3n) is 10.9. The fourth-order valence-electron chi connectivity index (χ4n) is 8.89. The zero-order chi connectivity index (χ0) is 33.2. The summed E-state index contributed by atoms with van der Waals surface area (Å²) in [6.45, 7) is 0.0724. The van der Waals surface area contributed by atoms with Crippen molar-refractivity contribution in [3.05, 3.63) is 158 Å². The number of hydrogen-bond donors (Lipinski definition) is 0. The van der Waals surface area contributed by atoms with E-state index in [9.17, 15) is 0 Å². The van der Waals surface area contributed by atoms with Gasteiger partial charge in [-0.3, -0.25) is 0 Å². The fourth-order valence-corrected chi connectivity index (χ4v) is 8.89. The van der Waals surface area contributed by atoms with Gasteiger partial charge in [0.15, 0.2) is 17.5 Å². The second-order valence-electron chi connectivity index (χ2n) is 13.6. The molecule has 0 bridgehead atoms. The first-order valence-electron chi connectivity index (χ1n) is 17.4. The zero-order valence-electron chi connectivity index (χ0n) is 27.3. The SMILES string of the molecule is c1ccc(-c2nc(-c3ccccc3)nc(-c3cc4c5c(c3)-n3c6ccccc6c6cccc(c63)B5c3cccc5c6ccccc6n-4c35)n2)cc1. The lowest BCUT2D eigenvalue weighted by atomic mass is 9.34. The molecule has 10 aromatic rings. The van der Waals surface area contributed by atoms with E-state index in [1.165, 1.54) is 71.4 Å². The number of hydrogen-bond acceptors (Lipinski definition) is 3. The number of rotatable bonds is 3. The van der Waals surface area contributed by atoms with Gasteiger partial charge in [0.1, 0.15) is 0 Å². The van der Waals surface area contributed by atoms with Gasteiger partial charge in [-0.05, 0) is 40.7 Å². The number of nitrogens with zero attached hydrogens (tertiary/aromatic N) is 5. The van der Waals surface area contributed by atoms with Crippen LogP contribution in [0.25, 0.3) is 89.2 Å². The Balaban J connectivity index is 1.25. The molecule has 0 aliphatic carbocycles. The topological polar surface area (TPSA) is 48.5 Å². The summed E-state index contributed by atoms with van der Waals surface area (Å²) in [6.07, 6.45) is 0. The molecule has 0 atom stereocenters. The normalized spacial score (nSPS) is 12.7. The van der Waals surface area contributed by atoms with Crippen LogP contribution >= 0.6 is 0 Å². The molecule has 0 fully saturated rings. The van der Waals surface area contributed by atoms with E-state index < -0.39 is 0 Å². The van der Waals surface area contributed by atoms with Crippen LogP contribution in [0.4, 0.5) is 0 Å². The van der Waals surface area contributed by atoms with E-state index in [2.05, 4.69) is 130 Å². The summed E-state index contributed by atoms with van der Waals surface area (Å²) in [5, 5.41) is 5.07. The van der Waals surface area contributed by atoms with Crippen molar-refractivity contribution in [1.82, 2.24) is 24.1 Å². The molecule has 5 heterocycles. The predicted molar refractivity (Wildman–Crippen MR) is 209 cm³/mol. The van der Waals surface area contributed by atoms with Gasteiger partial charge in [-0.2, -0.15) is 0 Å². The molecule has 6 heteroatoms. The molecule has 0 amide bonds. The summed E-state index contributed by atoms with van der Waals surface area (Å²) >= 11 is 0. The lowest BCUT2D eigenvalue weighted by molar-refractivity contribution is 1.07. The Hall–Kier alpha value is -6.79. The molecule has 51 heavy (non-hydrogen) atoms. The first-order chi connectivity index (χ1) is 25.3. The second-order valence-corrected chi connectivity index (χ2v) is 13.6. The highest BCUT2D eigenvalue weighted by Gasteiger charge is 2.41. The van der Waals surface area contributed by atoms with Crippen LogP contribution in [0.2, 0.25) is 0 Å². The van der Waals surface area contributed by atoms with Crippen LogP contribution in [0, 0.1) is 0 Å².